The standard InChI is InChI=1S/C14H14N4OS2/c15-10-9-16-6-5-11(10)20-8-2-4-13-17-14(18-19-13)12-3-1-7-21-12/h1,3,5-7,9H,2,4,8,15H2. The topological polar surface area (TPSA) is 77.8 Å². The van der Waals surface area contributed by atoms with Crippen LogP contribution >= 0.6 is 23.1 Å². The number of aromatic nitrogens is 3. The average Bonchev–Trinajstić information content (AvgIpc) is 3.16. The summed E-state index contributed by atoms with van der Waals surface area (Å²) in [5.74, 6) is 2.30. The highest BCUT2D eigenvalue weighted by atomic mass is 32.2. The molecule has 0 atom stereocenters. The van der Waals surface area contributed by atoms with Crippen molar-refractivity contribution in [1.82, 2.24) is 15.1 Å². The van der Waals surface area contributed by atoms with Gasteiger partial charge in [-0.05, 0) is 29.7 Å². The minimum Gasteiger partial charge on any atom is -0.397 e. The first kappa shape index (κ1) is 14.1. The third-order valence-corrected chi connectivity index (χ3v) is 4.85. The van der Waals surface area contributed by atoms with E-state index in [1.807, 2.05) is 23.6 Å². The Bertz CT molecular complexity index is 697. The van der Waals surface area contributed by atoms with Gasteiger partial charge in [-0.2, -0.15) is 4.98 Å². The van der Waals surface area contributed by atoms with Gasteiger partial charge < -0.3 is 10.3 Å². The zero-order chi connectivity index (χ0) is 14.5. The Morgan fingerprint density at radius 1 is 1.33 bits per heavy atom. The number of rotatable bonds is 6. The van der Waals surface area contributed by atoms with Crippen molar-refractivity contribution in [1.29, 1.82) is 0 Å². The van der Waals surface area contributed by atoms with E-state index >= 15 is 0 Å². The van der Waals surface area contributed by atoms with E-state index in [0.717, 1.165) is 34.1 Å². The largest absolute Gasteiger partial charge is 0.397 e. The van der Waals surface area contributed by atoms with E-state index < -0.39 is 0 Å². The highest BCUT2D eigenvalue weighted by Crippen LogP contribution is 2.25. The number of nitrogens with zero attached hydrogens (tertiary/aromatic N) is 3. The van der Waals surface area contributed by atoms with Crippen LogP contribution in [0.4, 0.5) is 5.69 Å². The van der Waals surface area contributed by atoms with Gasteiger partial charge in [0.2, 0.25) is 11.7 Å². The first-order chi connectivity index (χ1) is 10.3. The number of nitrogens with two attached hydrogens (primary N) is 1. The second kappa shape index (κ2) is 6.73. The van der Waals surface area contributed by atoms with E-state index in [1.165, 1.54) is 0 Å². The van der Waals surface area contributed by atoms with Crippen LogP contribution in [0.2, 0.25) is 0 Å². The molecule has 3 heterocycles. The van der Waals surface area contributed by atoms with Crippen LogP contribution in [0.3, 0.4) is 0 Å². The van der Waals surface area contributed by atoms with Crippen LogP contribution in [-0.2, 0) is 6.42 Å². The van der Waals surface area contributed by atoms with E-state index in [-0.39, 0.29) is 0 Å². The fourth-order valence-electron chi connectivity index (χ4n) is 1.79. The fraction of sp³-hybridized carbons (Fsp3) is 0.214. The molecule has 7 heteroatoms. The Morgan fingerprint density at radius 2 is 2.29 bits per heavy atom. The molecule has 0 unspecified atom stereocenters. The number of thioether (sulfide) groups is 1. The predicted molar refractivity (Wildman–Crippen MR) is 85.3 cm³/mol. The summed E-state index contributed by atoms with van der Waals surface area (Å²) in [4.78, 5) is 10.5. The van der Waals surface area contributed by atoms with Gasteiger partial charge in [0.05, 0.1) is 16.8 Å². The van der Waals surface area contributed by atoms with Gasteiger partial charge in [-0.15, -0.1) is 23.1 Å². The number of hydrogen-bond acceptors (Lipinski definition) is 7. The number of nitrogen functional groups attached to an aromatic ring is 1. The van der Waals surface area contributed by atoms with Crippen molar-refractivity contribution in [2.45, 2.75) is 17.7 Å². The van der Waals surface area contributed by atoms with Gasteiger partial charge in [0.25, 0.3) is 0 Å². The van der Waals surface area contributed by atoms with Gasteiger partial charge >= 0.3 is 0 Å². The Kier molecular flexibility index (Phi) is 4.52. The van der Waals surface area contributed by atoms with Crippen molar-refractivity contribution in [3.8, 4) is 10.7 Å². The third kappa shape index (κ3) is 3.62. The minimum atomic E-state index is 0.672. The van der Waals surface area contributed by atoms with Crippen molar-refractivity contribution < 1.29 is 4.52 Å². The summed E-state index contributed by atoms with van der Waals surface area (Å²) in [6.07, 6.45) is 5.16. The molecule has 0 bridgehead atoms. The second-order valence-corrected chi connectivity index (χ2v) is 6.44. The first-order valence-corrected chi connectivity index (χ1v) is 8.38. The first-order valence-electron chi connectivity index (χ1n) is 6.51. The van der Waals surface area contributed by atoms with E-state index in [1.54, 1.807) is 35.5 Å². The summed E-state index contributed by atoms with van der Waals surface area (Å²) in [6.45, 7) is 0. The van der Waals surface area contributed by atoms with Crippen LogP contribution in [0, 0.1) is 0 Å². The Labute approximate surface area is 130 Å². The molecule has 0 radical (unpaired) electrons. The van der Waals surface area contributed by atoms with Gasteiger partial charge in [0.1, 0.15) is 0 Å². The molecule has 0 aliphatic carbocycles. The van der Waals surface area contributed by atoms with Crippen molar-refractivity contribution in [2.75, 3.05) is 11.5 Å². The number of thiophene rings is 1. The maximum Gasteiger partial charge on any atom is 0.227 e. The third-order valence-electron chi connectivity index (χ3n) is 2.81. The van der Waals surface area contributed by atoms with Gasteiger partial charge in [0, 0.05) is 17.5 Å². The molecule has 5 nitrogen and oxygen atoms in total. The molecule has 0 saturated carbocycles. The maximum atomic E-state index is 5.85. The zero-order valence-electron chi connectivity index (χ0n) is 11.2. The molecule has 0 amide bonds. The molecular formula is C14H14N4OS2. The molecule has 0 saturated heterocycles. The Hall–Kier alpha value is -1.86. The van der Waals surface area contributed by atoms with E-state index in [0.29, 0.717) is 11.7 Å². The van der Waals surface area contributed by atoms with Crippen molar-refractivity contribution in [3.63, 3.8) is 0 Å². The van der Waals surface area contributed by atoms with Crippen LogP contribution in [0.15, 0.2) is 45.4 Å². The molecule has 2 N–H and O–H groups in total. The van der Waals surface area contributed by atoms with Gasteiger partial charge in [-0.3, -0.25) is 4.98 Å². The lowest BCUT2D eigenvalue weighted by Gasteiger charge is -2.02. The average molecular weight is 318 g/mol. The van der Waals surface area contributed by atoms with Gasteiger partial charge in [0.15, 0.2) is 0 Å². The zero-order valence-corrected chi connectivity index (χ0v) is 12.9. The predicted octanol–water partition coefficient (Wildman–Crippen LogP) is 3.50. The molecule has 21 heavy (non-hydrogen) atoms. The molecule has 0 fully saturated rings. The van der Waals surface area contributed by atoms with Crippen molar-refractivity contribution in [3.05, 3.63) is 41.9 Å². The van der Waals surface area contributed by atoms with Crippen LogP contribution < -0.4 is 5.73 Å². The van der Waals surface area contributed by atoms with Crippen LogP contribution in [0.25, 0.3) is 10.7 Å². The van der Waals surface area contributed by atoms with Gasteiger partial charge in [-0.1, -0.05) is 11.2 Å². The highest BCUT2D eigenvalue weighted by Gasteiger charge is 2.09. The molecule has 108 valence electrons. The Balaban J connectivity index is 1.49. The van der Waals surface area contributed by atoms with Crippen LogP contribution in [0.1, 0.15) is 12.3 Å². The lowest BCUT2D eigenvalue weighted by atomic mass is 10.3. The number of hydrogen-bond donors (Lipinski definition) is 1. The molecule has 0 spiro atoms. The number of anilines is 1. The smallest absolute Gasteiger partial charge is 0.227 e. The van der Waals surface area contributed by atoms with Crippen LogP contribution in [-0.4, -0.2) is 20.9 Å². The molecule has 3 rings (SSSR count). The van der Waals surface area contributed by atoms with Crippen molar-refractivity contribution >= 4 is 28.8 Å². The molecular weight excluding hydrogens is 304 g/mol. The lowest BCUT2D eigenvalue weighted by molar-refractivity contribution is 0.378. The summed E-state index contributed by atoms with van der Waals surface area (Å²) in [5.41, 5.74) is 6.57. The number of pyridine rings is 1. The van der Waals surface area contributed by atoms with Crippen LogP contribution in [0.5, 0.6) is 0 Å². The van der Waals surface area contributed by atoms with Crippen molar-refractivity contribution in [2.24, 2.45) is 0 Å². The SMILES string of the molecule is Nc1cnccc1SCCCc1nc(-c2cccs2)no1. The molecule has 3 aromatic heterocycles. The summed E-state index contributed by atoms with van der Waals surface area (Å²) < 4.78 is 5.27. The monoisotopic (exact) mass is 318 g/mol. The summed E-state index contributed by atoms with van der Waals surface area (Å²) in [7, 11) is 0. The van der Waals surface area contributed by atoms with E-state index in [2.05, 4.69) is 15.1 Å². The summed E-state index contributed by atoms with van der Waals surface area (Å²) in [6, 6.07) is 5.90. The maximum absolute atomic E-state index is 5.85. The minimum absolute atomic E-state index is 0.672. The highest BCUT2D eigenvalue weighted by molar-refractivity contribution is 7.99. The molecule has 0 aromatic carbocycles. The molecule has 0 aliphatic heterocycles. The molecule has 0 aliphatic rings. The summed E-state index contributed by atoms with van der Waals surface area (Å²) >= 11 is 3.33. The molecule has 3 aromatic rings. The van der Waals surface area contributed by atoms with E-state index in [9.17, 15) is 0 Å². The van der Waals surface area contributed by atoms with E-state index in [4.69, 9.17) is 10.3 Å². The van der Waals surface area contributed by atoms with Gasteiger partial charge in [-0.25, -0.2) is 0 Å². The quantitative estimate of drug-likeness (QED) is 0.553. The normalized spacial score (nSPS) is 10.9. The number of aryl methyl sites for hydroxylation is 1. The summed E-state index contributed by atoms with van der Waals surface area (Å²) in [5, 5.41) is 6.00. The second-order valence-electron chi connectivity index (χ2n) is 4.35. The Morgan fingerprint density at radius 3 is 3.10 bits per heavy atom. The fourth-order valence-corrected chi connectivity index (χ4v) is 3.33. The lowest BCUT2D eigenvalue weighted by Crippen LogP contribution is -1.92.